The first kappa shape index (κ1) is 43.1. The molecule has 4 fully saturated rings. The van der Waals surface area contributed by atoms with E-state index in [9.17, 15) is 9.59 Å². The molecule has 4 saturated carbocycles. The molecule has 2 N–H and O–H groups in total. The summed E-state index contributed by atoms with van der Waals surface area (Å²) in [5.41, 5.74) is 5.95. The van der Waals surface area contributed by atoms with Gasteiger partial charge in [0, 0.05) is 60.2 Å². The van der Waals surface area contributed by atoms with Crippen molar-refractivity contribution >= 4 is 24.2 Å². The fraction of sp³-hybridized carbons (Fsp3) is 0. The summed E-state index contributed by atoms with van der Waals surface area (Å²) in [6.45, 7) is 0. The maximum Gasteiger partial charge on any atom is 2.00 e. The molecule has 2 aromatic rings. The Morgan fingerprint density at radius 3 is 1.02 bits per heavy atom. The van der Waals surface area contributed by atoms with Gasteiger partial charge in [-0.25, -0.2) is 10.9 Å². The Balaban J connectivity index is 0.000000626. The zero-order valence-corrected chi connectivity index (χ0v) is 27.0. The molecule has 4 aliphatic carbocycles. The van der Waals surface area contributed by atoms with Gasteiger partial charge in [-0.15, -0.1) is 0 Å². The largest absolute Gasteiger partial charge is 2.00 e. The summed E-state index contributed by atoms with van der Waals surface area (Å²) in [5.74, 6) is 1.42. The van der Waals surface area contributed by atoms with Crippen molar-refractivity contribution in [3.8, 4) is 0 Å². The normalized spacial score (nSPS) is 17.2. The number of pyridine rings is 2. The van der Waals surface area contributed by atoms with Gasteiger partial charge in [-0.1, -0.05) is 0 Å². The number of hydrogen-bond donors (Lipinski definition) is 2. The molecule has 8 nitrogen and oxygen atoms in total. The Morgan fingerprint density at radius 2 is 0.756 bits per heavy atom. The Bertz CT molecular complexity index is 958. The first-order chi connectivity index (χ1) is 20.7. The number of aromatic nitrogens is 2. The Morgan fingerprint density at radius 1 is 0.489 bits per heavy atom. The third-order valence-corrected chi connectivity index (χ3v) is 5.13. The van der Waals surface area contributed by atoms with Gasteiger partial charge in [0.05, 0.1) is 0 Å². The molecular weight excluding hydrogens is 695 g/mol. The van der Waals surface area contributed by atoms with Crippen molar-refractivity contribution in [2.45, 2.75) is 0 Å². The van der Waals surface area contributed by atoms with Gasteiger partial charge in [0.1, 0.15) is 0 Å². The van der Waals surface area contributed by atoms with Crippen LogP contribution in [-0.2, 0) is 50.6 Å². The van der Waals surface area contributed by atoms with Crippen LogP contribution in [0.3, 0.4) is 0 Å². The number of rotatable bonds is 6. The van der Waals surface area contributed by atoms with Crippen molar-refractivity contribution in [1.82, 2.24) is 20.8 Å². The SMILES string of the molecule is O=C(N/N=C/[C]1[CH][CH][CH][CH]1)c1ccncc1.O=C(N/N=C/[C]1[CH][CH][CH][CH]1)c1ccncc1.[CH]1[CH][CH][CH][CH]1.[CH]1[CH][CH][CH][CH]1.[Fe+2].[Fe+2].[Ni+2]. The summed E-state index contributed by atoms with van der Waals surface area (Å²) in [6, 6.07) is 6.53. The zero-order chi connectivity index (χ0) is 29.5. The van der Waals surface area contributed by atoms with E-state index in [1.165, 1.54) is 0 Å². The van der Waals surface area contributed by atoms with Crippen molar-refractivity contribution in [3.05, 3.63) is 188 Å². The van der Waals surface area contributed by atoms with Crippen molar-refractivity contribution in [3.63, 3.8) is 0 Å². The summed E-state index contributed by atoms with van der Waals surface area (Å²) in [5, 5.41) is 7.69. The van der Waals surface area contributed by atoms with E-state index in [-0.39, 0.29) is 62.4 Å². The van der Waals surface area contributed by atoms with E-state index in [4.69, 9.17) is 0 Å². The standard InChI is InChI=1S/2C12H10N3O.2C5H5.2Fe.Ni/c2*16-12(11-5-7-13-8-6-11)15-14-9-10-3-1-2-4-10;2*1-2-4-5-3-1;;;/h2*1-9H,(H,15,16);2*1-5H;;;/q;;;;3*+2/b2*14-9+;;;;;. The fourth-order valence-electron chi connectivity index (χ4n) is 3.06. The summed E-state index contributed by atoms with van der Waals surface area (Å²) in [7, 11) is 0. The summed E-state index contributed by atoms with van der Waals surface area (Å²) in [6.07, 6.45) is 44.7. The molecule has 20 radical (unpaired) electrons. The first-order valence-corrected chi connectivity index (χ1v) is 13.0. The Hall–Kier alpha value is -1.89. The molecule has 0 aliphatic heterocycles. The molecule has 11 heteroatoms. The molecule has 2 amide bonds. The molecule has 228 valence electrons. The number of nitrogens with one attached hydrogen (secondary N) is 2. The van der Waals surface area contributed by atoms with Gasteiger partial charge in [-0.05, 0) is 140 Å². The molecular formula is C34H30Fe2N6NiO2+6. The third-order valence-electron chi connectivity index (χ3n) is 5.13. The Labute approximate surface area is 301 Å². The topological polar surface area (TPSA) is 109 Å². The van der Waals surface area contributed by atoms with Crippen LogP contribution in [0.1, 0.15) is 20.7 Å². The van der Waals surface area contributed by atoms with Crippen LogP contribution < -0.4 is 10.9 Å². The smallest absolute Gasteiger partial charge is 0.267 e. The van der Waals surface area contributed by atoms with Crippen LogP contribution in [0.4, 0.5) is 0 Å². The van der Waals surface area contributed by atoms with E-state index >= 15 is 0 Å². The quantitative estimate of drug-likeness (QED) is 0.261. The number of nitrogens with zero attached hydrogens (tertiary/aromatic N) is 4. The minimum absolute atomic E-state index is 0. The number of carbonyl (C=O) groups is 2. The van der Waals surface area contributed by atoms with E-state index in [0.717, 1.165) is 11.8 Å². The molecule has 2 aromatic heterocycles. The number of amides is 2. The molecule has 0 bridgehead atoms. The second-order valence-electron chi connectivity index (χ2n) is 8.23. The molecule has 0 saturated heterocycles. The number of hydrogen-bond acceptors (Lipinski definition) is 6. The number of hydrazone groups is 2. The van der Waals surface area contributed by atoms with Crippen molar-refractivity contribution in [1.29, 1.82) is 0 Å². The molecule has 6 rings (SSSR count). The Kier molecular flexibility index (Phi) is 27.2. The van der Waals surface area contributed by atoms with Crippen LogP contribution >= 0.6 is 0 Å². The molecule has 0 unspecified atom stereocenters. The van der Waals surface area contributed by atoms with Gasteiger partial charge in [0.15, 0.2) is 0 Å². The second kappa shape index (κ2) is 28.3. The van der Waals surface area contributed by atoms with Crippen molar-refractivity contribution in [2.24, 2.45) is 10.2 Å². The van der Waals surface area contributed by atoms with E-state index in [1.54, 1.807) is 61.5 Å². The molecule has 2 heterocycles. The number of carbonyl (C=O) groups excluding carboxylic acids is 2. The monoisotopic (exact) mass is 724 g/mol. The average Bonchev–Trinajstić information content (AvgIpc) is 3.88. The molecule has 4 aliphatic rings. The predicted molar refractivity (Wildman–Crippen MR) is 164 cm³/mol. The summed E-state index contributed by atoms with van der Waals surface area (Å²) in [4.78, 5) is 30.7. The van der Waals surface area contributed by atoms with Gasteiger partial charge in [-0.2, -0.15) is 10.2 Å². The average molecular weight is 725 g/mol. The van der Waals surface area contributed by atoms with Crippen LogP contribution in [0.5, 0.6) is 0 Å². The van der Waals surface area contributed by atoms with Gasteiger partial charge in [0.2, 0.25) is 0 Å². The van der Waals surface area contributed by atoms with Gasteiger partial charge in [-0.3, -0.25) is 19.6 Å². The van der Waals surface area contributed by atoms with Gasteiger partial charge in [0.25, 0.3) is 11.8 Å². The molecule has 0 aromatic carbocycles. The van der Waals surface area contributed by atoms with Gasteiger partial charge >= 0.3 is 50.6 Å². The summed E-state index contributed by atoms with van der Waals surface area (Å²) >= 11 is 0. The second-order valence-corrected chi connectivity index (χ2v) is 8.23. The van der Waals surface area contributed by atoms with Crippen LogP contribution in [0, 0.1) is 127 Å². The third kappa shape index (κ3) is 20.1. The van der Waals surface area contributed by atoms with E-state index in [0.29, 0.717) is 11.1 Å². The van der Waals surface area contributed by atoms with Crippen molar-refractivity contribution < 1.29 is 60.2 Å². The summed E-state index contributed by atoms with van der Waals surface area (Å²) < 4.78 is 0. The maximum atomic E-state index is 11.5. The van der Waals surface area contributed by atoms with Gasteiger partial charge < -0.3 is 0 Å². The molecule has 45 heavy (non-hydrogen) atoms. The van der Waals surface area contributed by atoms with Crippen LogP contribution in [-0.4, -0.2) is 34.2 Å². The van der Waals surface area contributed by atoms with Crippen LogP contribution in [0.25, 0.3) is 0 Å². The van der Waals surface area contributed by atoms with Crippen molar-refractivity contribution in [2.75, 3.05) is 0 Å². The zero-order valence-electron chi connectivity index (χ0n) is 23.8. The molecule has 0 spiro atoms. The fourth-order valence-corrected chi connectivity index (χ4v) is 3.06. The predicted octanol–water partition coefficient (Wildman–Crippen LogP) is 4.44. The van der Waals surface area contributed by atoms with E-state index < -0.39 is 0 Å². The van der Waals surface area contributed by atoms with E-state index in [2.05, 4.69) is 31.0 Å². The molecule has 0 atom stereocenters. The van der Waals surface area contributed by atoms with Crippen LogP contribution in [0.2, 0.25) is 0 Å². The first-order valence-electron chi connectivity index (χ1n) is 13.0. The van der Waals surface area contributed by atoms with Crippen LogP contribution in [0.15, 0.2) is 59.3 Å². The van der Waals surface area contributed by atoms with E-state index in [1.807, 2.05) is 116 Å². The minimum atomic E-state index is -0.245. The maximum absolute atomic E-state index is 11.5. The minimum Gasteiger partial charge on any atom is -0.267 e.